The Bertz CT molecular complexity index is 1170. The van der Waals surface area contributed by atoms with Crippen molar-refractivity contribution in [1.82, 2.24) is 10.3 Å². The van der Waals surface area contributed by atoms with Crippen LogP contribution in [0.1, 0.15) is 28.5 Å². The van der Waals surface area contributed by atoms with Crippen LogP contribution in [0.5, 0.6) is 11.5 Å². The number of alkyl halides is 3. The number of nitrogens with zero attached hydrogens (tertiary/aromatic N) is 1. The quantitative estimate of drug-likeness (QED) is 0.393. The number of aryl methyl sites for hydroxylation is 1. The second-order valence-electron chi connectivity index (χ2n) is 7.66. The van der Waals surface area contributed by atoms with Gasteiger partial charge in [-0.15, -0.1) is 0 Å². The molecule has 178 valence electrons. The third kappa shape index (κ3) is 5.76. The number of rotatable bonds is 8. The monoisotopic (exact) mass is 472 g/mol. The molecule has 0 spiro atoms. The summed E-state index contributed by atoms with van der Waals surface area (Å²) in [7, 11) is 0. The van der Waals surface area contributed by atoms with Gasteiger partial charge in [0.25, 0.3) is 5.91 Å². The van der Waals surface area contributed by atoms with Gasteiger partial charge in [0.2, 0.25) is 0 Å². The fourth-order valence-electron chi connectivity index (χ4n) is 3.28. The van der Waals surface area contributed by atoms with Crippen molar-refractivity contribution in [3.8, 4) is 11.5 Å². The Kier molecular flexibility index (Phi) is 6.60. The molecule has 1 aliphatic rings. The van der Waals surface area contributed by atoms with Gasteiger partial charge in [0, 0.05) is 30.2 Å². The molecule has 34 heavy (non-hydrogen) atoms. The molecule has 2 atom stereocenters. The van der Waals surface area contributed by atoms with E-state index in [-0.39, 0.29) is 23.4 Å². The normalized spacial score (nSPS) is 17.1. The van der Waals surface area contributed by atoms with Crippen LogP contribution in [-0.2, 0) is 10.9 Å². The predicted molar refractivity (Wildman–Crippen MR) is 121 cm³/mol. The number of hydrogen-bond acceptors (Lipinski definition) is 6. The molecule has 3 aromatic rings. The Hall–Kier alpha value is -3.79. The highest BCUT2D eigenvalue weighted by Crippen LogP contribution is 2.35. The Balaban J connectivity index is 1.32. The van der Waals surface area contributed by atoms with E-state index in [1.165, 1.54) is 19.2 Å². The number of epoxide rings is 1. The largest absolute Gasteiger partial charge is 0.457 e. The maximum Gasteiger partial charge on any atom is 0.416 e. The van der Waals surface area contributed by atoms with E-state index in [0.29, 0.717) is 23.7 Å². The number of carbonyl (C=O) groups excluding carboxylic acids is 1. The molecule has 2 aromatic carbocycles. The number of aromatic nitrogens is 1. The zero-order valence-electron chi connectivity index (χ0n) is 18.4. The molecule has 1 saturated heterocycles. The van der Waals surface area contributed by atoms with Crippen LogP contribution < -0.4 is 20.7 Å². The van der Waals surface area contributed by atoms with Crippen molar-refractivity contribution in [2.24, 2.45) is 0 Å². The molecule has 0 radical (unpaired) electrons. The van der Waals surface area contributed by atoms with Gasteiger partial charge < -0.3 is 25.4 Å². The van der Waals surface area contributed by atoms with Gasteiger partial charge in [-0.3, -0.25) is 9.78 Å². The summed E-state index contributed by atoms with van der Waals surface area (Å²) in [4.78, 5) is 15.9. The van der Waals surface area contributed by atoms with Gasteiger partial charge in [-0.05, 0) is 61.9 Å². The molecule has 1 aromatic heterocycles. The van der Waals surface area contributed by atoms with Gasteiger partial charge in [0.05, 0.1) is 5.56 Å². The van der Waals surface area contributed by atoms with Crippen LogP contribution >= 0.6 is 0 Å². The van der Waals surface area contributed by atoms with Crippen LogP contribution in [0.15, 0.2) is 60.8 Å². The Labute approximate surface area is 194 Å². The smallest absolute Gasteiger partial charge is 0.416 e. The fourth-order valence-corrected chi connectivity index (χ4v) is 3.28. The SMILES string of the molecule is CCNC(=O)c1cc(Oc2ccc(NC3OC3Nc3ccc(C)c(C(F)(F)F)c3)cc2)ccn1. The molecule has 7 nitrogen and oxygen atoms in total. The molecule has 1 amide bonds. The minimum atomic E-state index is -4.41. The molecule has 1 fully saturated rings. The lowest BCUT2D eigenvalue weighted by atomic mass is 10.1. The number of ether oxygens (including phenoxy) is 2. The van der Waals surface area contributed by atoms with E-state index in [1.54, 1.807) is 42.5 Å². The Morgan fingerprint density at radius 2 is 1.68 bits per heavy atom. The minimum Gasteiger partial charge on any atom is -0.457 e. The number of benzene rings is 2. The zero-order valence-corrected chi connectivity index (χ0v) is 18.4. The Morgan fingerprint density at radius 3 is 2.35 bits per heavy atom. The molecular formula is C24H23F3N4O3. The van der Waals surface area contributed by atoms with Gasteiger partial charge >= 0.3 is 6.18 Å². The highest BCUT2D eigenvalue weighted by atomic mass is 19.4. The van der Waals surface area contributed by atoms with Crippen LogP contribution in [0, 0.1) is 6.92 Å². The molecule has 0 bridgehead atoms. The number of amides is 1. The minimum absolute atomic E-state index is 0.166. The summed E-state index contributed by atoms with van der Waals surface area (Å²) in [6.45, 7) is 3.75. The third-order valence-corrected chi connectivity index (χ3v) is 5.04. The number of nitrogens with one attached hydrogen (secondary N) is 3. The molecular weight excluding hydrogens is 449 g/mol. The molecule has 2 heterocycles. The van der Waals surface area contributed by atoms with Crippen molar-refractivity contribution in [2.75, 3.05) is 17.2 Å². The molecule has 0 saturated carbocycles. The summed E-state index contributed by atoms with van der Waals surface area (Å²) in [6.07, 6.45) is -3.75. The highest BCUT2D eigenvalue weighted by Gasteiger charge is 2.40. The molecule has 4 rings (SSSR count). The standard InChI is InChI=1S/C24H23F3N4O3/c1-3-28-21(32)20-13-18(10-11-29-20)33-17-8-6-15(7-9-17)30-22-23(34-22)31-16-5-4-14(2)19(12-16)24(25,26)27/h4-13,22-23,30-31H,3H2,1-2H3,(H,28,32). The van der Waals surface area contributed by atoms with E-state index in [1.807, 2.05) is 6.92 Å². The second-order valence-corrected chi connectivity index (χ2v) is 7.66. The lowest BCUT2D eigenvalue weighted by Crippen LogP contribution is -2.23. The van der Waals surface area contributed by atoms with Crippen molar-refractivity contribution >= 4 is 17.3 Å². The number of carbonyl (C=O) groups is 1. The van der Waals surface area contributed by atoms with E-state index in [4.69, 9.17) is 9.47 Å². The summed E-state index contributed by atoms with van der Waals surface area (Å²) in [5.74, 6) is 0.757. The van der Waals surface area contributed by atoms with E-state index in [0.717, 1.165) is 11.8 Å². The van der Waals surface area contributed by atoms with Gasteiger partial charge in [-0.2, -0.15) is 13.2 Å². The first-order chi connectivity index (χ1) is 16.2. The van der Waals surface area contributed by atoms with Crippen molar-refractivity contribution < 1.29 is 27.4 Å². The number of halogens is 3. The van der Waals surface area contributed by atoms with Crippen LogP contribution in [-0.4, -0.2) is 29.9 Å². The molecule has 2 unspecified atom stereocenters. The number of hydrogen-bond donors (Lipinski definition) is 3. The fraction of sp³-hybridized carbons (Fsp3) is 0.250. The van der Waals surface area contributed by atoms with E-state index < -0.39 is 18.0 Å². The average molecular weight is 472 g/mol. The first-order valence-corrected chi connectivity index (χ1v) is 10.6. The zero-order chi connectivity index (χ0) is 24.3. The summed E-state index contributed by atoms with van der Waals surface area (Å²) < 4.78 is 50.6. The highest BCUT2D eigenvalue weighted by molar-refractivity contribution is 5.92. The molecule has 10 heteroatoms. The lowest BCUT2D eigenvalue weighted by molar-refractivity contribution is -0.138. The number of pyridine rings is 1. The first-order valence-electron chi connectivity index (χ1n) is 10.6. The maximum absolute atomic E-state index is 13.1. The van der Waals surface area contributed by atoms with Crippen LogP contribution in [0.3, 0.4) is 0 Å². The van der Waals surface area contributed by atoms with Crippen LogP contribution in [0.25, 0.3) is 0 Å². The Morgan fingerprint density at radius 1 is 1.00 bits per heavy atom. The second kappa shape index (κ2) is 9.60. The predicted octanol–water partition coefficient (Wildman–Crippen LogP) is 5.16. The van der Waals surface area contributed by atoms with Crippen molar-refractivity contribution in [1.29, 1.82) is 0 Å². The van der Waals surface area contributed by atoms with Crippen molar-refractivity contribution in [3.63, 3.8) is 0 Å². The van der Waals surface area contributed by atoms with E-state index in [9.17, 15) is 18.0 Å². The molecule has 0 aliphatic carbocycles. The van der Waals surface area contributed by atoms with Crippen LogP contribution in [0.4, 0.5) is 24.5 Å². The summed E-state index contributed by atoms with van der Waals surface area (Å²) in [5, 5.41) is 8.77. The van der Waals surface area contributed by atoms with Gasteiger partial charge in [0.1, 0.15) is 17.2 Å². The maximum atomic E-state index is 13.1. The molecule has 3 N–H and O–H groups in total. The van der Waals surface area contributed by atoms with Gasteiger partial charge in [-0.25, -0.2) is 0 Å². The summed E-state index contributed by atoms with van der Waals surface area (Å²) >= 11 is 0. The summed E-state index contributed by atoms with van der Waals surface area (Å²) in [5.41, 5.74) is 0.835. The van der Waals surface area contributed by atoms with Gasteiger partial charge in [-0.1, -0.05) is 6.07 Å². The summed E-state index contributed by atoms with van der Waals surface area (Å²) in [6, 6.07) is 14.4. The van der Waals surface area contributed by atoms with Crippen LogP contribution in [0.2, 0.25) is 0 Å². The van der Waals surface area contributed by atoms with Gasteiger partial charge in [0.15, 0.2) is 12.5 Å². The topological polar surface area (TPSA) is 87.8 Å². The average Bonchev–Trinajstić information content (AvgIpc) is 3.53. The lowest BCUT2D eigenvalue weighted by Gasteiger charge is -2.12. The number of anilines is 2. The van der Waals surface area contributed by atoms with E-state index in [2.05, 4.69) is 20.9 Å². The van der Waals surface area contributed by atoms with Crippen molar-refractivity contribution in [2.45, 2.75) is 32.5 Å². The van der Waals surface area contributed by atoms with E-state index >= 15 is 0 Å². The first kappa shape index (κ1) is 23.4. The van der Waals surface area contributed by atoms with Crippen molar-refractivity contribution in [3.05, 3.63) is 77.6 Å². The molecule has 1 aliphatic heterocycles. The third-order valence-electron chi connectivity index (χ3n) is 5.04.